The number of carbonyl (C=O) groups excluding carboxylic acids is 1. The van der Waals surface area contributed by atoms with Crippen LogP contribution in [-0.2, 0) is 21.0 Å². The van der Waals surface area contributed by atoms with Crippen molar-refractivity contribution in [2.24, 2.45) is 0 Å². The van der Waals surface area contributed by atoms with E-state index in [9.17, 15) is 43.9 Å². The number of carbonyl (C=O) groups is 1. The largest absolute Gasteiger partial charge is 0.534 e. The average molecular weight is 554 g/mol. The van der Waals surface area contributed by atoms with E-state index in [2.05, 4.69) is 9.28 Å². The lowest BCUT2D eigenvalue weighted by molar-refractivity contribution is -0.137. The summed E-state index contributed by atoms with van der Waals surface area (Å²) in [5.74, 6) is -2.89. The van der Waals surface area contributed by atoms with Gasteiger partial charge in [-0.1, -0.05) is 12.1 Å². The number of alkyl halides is 6. The van der Waals surface area contributed by atoms with Crippen molar-refractivity contribution >= 4 is 16.1 Å². The van der Waals surface area contributed by atoms with Gasteiger partial charge in [0.2, 0.25) is 5.88 Å². The first-order valence-electron chi connectivity index (χ1n) is 10.3. The fourth-order valence-electron chi connectivity index (χ4n) is 3.16. The molecule has 0 aliphatic carbocycles. The molecule has 1 aromatic heterocycles. The molecule has 3 rings (SSSR count). The number of nitrogens with zero attached hydrogens (tertiary/aromatic N) is 2. The average Bonchev–Trinajstić information content (AvgIpc) is 3.20. The van der Waals surface area contributed by atoms with Crippen molar-refractivity contribution in [3.63, 3.8) is 0 Å². The van der Waals surface area contributed by atoms with Crippen LogP contribution >= 0.6 is 0 Å². The molecule has 1 atom stereocenters. The second-order valence-electron chi connectivity index (χ2n) is 7.51. The molecule has 0 N–H and O–H groups in total. The number of halogens is 7. The van der Waals surface area contributed by atoms with Crippen molar-refractivity contribution in [3.8, 4) is 17.1 Å². The summed E-state index contributed by atoms with van der Waals surface area (Å²) in [6.45, 7) is 3.05. The van der Waals surface area contributed by atoms with E-state index in [1.807, 2.05) is 0 Å². The van der Waals surface area contributed by atoms with Gasteiger partial charge in [-0.05, 0) is 49.7 Å². The van der Waals surface area contributed by atoms with Gasteiger partial charge < -0.3 is 8.92 Å². The quantitative estimate of drug-likeness (QED) is 0.161. The van der Waals surface area contributed by atoms with Crippen molar-refractivity contribution in [1.29, 1.82) is 0 Å². The summed E-state index contributed by atoms with van der Waals surface area (Å²) >= 11 is 0. The Morgan fingerprint density at radius 1 is 1.03 bits per heavy atom. The van der Waals surface area contributed by atoms with E-state index >= 15 is 0 Å². The summed E-state index contributed by atoms with van der Waals surface area (Å²) in [6, 6.07) is 6.19. The Hall–Kier alpha value is -3.62. The molecular formula is C22H17F7N2O5S. The molecule has 7 nitrogen and oxygen atoms in total. The fourth-order valence-corrected chi connectivity index (χ4v) is 3.60. The molecule has 200 valence electrons. The molecule has 0 spiro atoms. The van der Waals surface area contributed by atoms with Crippen LogP contribution in [0, 0.1) is 5.82 Å². The second kappa shape index (κ2) is 10.0. The summed E-state index contributed by atoms with van der Waals surface area (Å²) in [5.41, 5.74) is -8.07. The van der Waals surface area contributed by atoms with E-state index in [1.54, 1.807) is 6.92 Å². The Kier molecular flexibility index (Phi) is 7.58. The molecule has 0 amide bonds. The summed E-state index contributed by atoms with van der Waals surface area (Å²) in [4.78, 5) is 11.8. The molecule has 3 aromatic rings. The summed E-state index contributed by atoms with van der Waals surface area (Å²) in [7, 11) is -6.22. The highest BCUT2D eigenvalue weighted by Crippen LogP contribution is 2.37. The second-order valence-corrected chi connectivity index (χ2v) is 9.04. The van der Waals surface area contributed by atoms with Crippen LogP contribution in [0.4, 0.5) is 30.7 Å². The van der Waals surface area contributed by atoms with Crippen LogP contribution in [0.5, 0.6) is 5.88 Å². The number of rotatable bonds is 7. The molecule has 0 aliphatic heterocycles. The molecule has 1 heterocycles. The summed E-state index contributed by atoms with van der Waals surface area (Å²) in [5, 5.41) is 3.85. The first-order valence-corrected chi connectivity index (χ1v) is 11.7. The zero-order valence-corrected chi connectivity index (χ0v) is 19.7. The topological polar surface area (TPSA) is 87.5 Å². The predicted octanol–water partition coefficient (Wildman–Crippen LogP) is 5.72. The molecule has 0 bridgehead atoms. The van der Waals surface area contributed by atoms with Gasteiger partial charge in [0, 0.05) is 11.6 Å². The third-order valence-electron chi connectivity index (χ3n) is 5.02. The molecule has 0 unspecified atom stereocenters. The van der Waals surface area contributed by atoms with Crippen LogP contribution in [0.25, 0.3) is 11.3 Å². The van der Waals surface area contributed by atoms with Crippen LogP contribution in [0.1, 0.15) is 41.4 Å². The van der Waals surface area contributed by atoms with E-state index in [0.29, 0.717) is 28.9 Å². The SMILES string of the molecule is CCOC(=O)c1ccc([C@H](C)n2nc(-c3cc(C(F)(F)F)ccc3F)cc2OS(=O)(=O)C(F)(F)F)cc1. The van der Waals surface area contributed by atoms with Gasteiger partial charge in [0.1, 0.15) is 5.82 Å². The van der Waals surface area contributed by atoms with Gasteiger partial charge in [0.15, 0.2) is 0 Å². The Morgan fingerprint density at radius 3 is 2.19 bits per heavy atom. The molecule has 2 aromatic carbocycles. The van der Waals surface area contributed by atoms with Crippen LogP contribution in [0.3, 0.4) is 0 Å². The van der Waals surface area contributed by atoms with Crippen LogP contribution < -0.4 is 4.18 Å². The van der Waals surface area contributed by atoms with E-state index in [-0.39, 0.29) is 17.7 Å². The summed E-state index contributed by atoms with van der Waals surface area (Å²) < 4.78 is 126. The Labute approximate surface area is 205 Å². The fraction of sp³-hybridized carbons (Fsp3) is 0.273. The number of benzene rings is 2. The molecule has 0 saturated heterocycles. The van der Waals surface area contributed by atoms with E-state index in [0.717, 1.165) is 0 Å². The number of esters is 1. The van der Waals surface area contributed by atoms with Crippen LogP contribution in [0.2, 0.25) is 0 Å². The van der Waals surface area contributed by atoms with Gasteiger partial charge >= 0.3 is 27.8 Å². The van der Waals surface area contributed by atoms with Gasteiger partial charge in [-0.2, -0.15) is 39.9 Å². The minimum Gasteiger partial charge on any atom is -0.462 e. The Morgan fingerprint density at radius 2 is 1.65 bits per heavy atom. The molecule has 15 heteroatoms. The lowest BCUT2D eigenvalue weighted by Gasteiger charge is -2.17. The Bertz CT molecular complexity index is 1400. The zero-order chi connectivity index (χ0) is 27.8. The highest BCUT2D eigenvalue weighted by Gasteiger charge is 2.49. The maximum absolute atomic E-state index is 14.4. The molecule has 0 fully saturated rings. The number of hydrogen-bond acceptors (Lipinski definition) is 6. The smallest absolute Gasteiger partial charge is 0.462 e. The summed E-state index contributed by atoms with van der Waals surface area (Å²) in [6.07, 6.45) is -4.88. The lowest BCUT2D eigenvalue weighted by atomic mass is 10.1. The van der Waals surface area contributed by atoms with Gasteiger partial charge in [-0.3, -0.25) is 0 Å². The third-order valence-corrected chi connectivity index (χ3v) is 5.98. The monoisotopic (exact) mass is 554 g/mol. The highest BCUT2D eigenvalue weighted by molar-refractivity contribution is 7.87. The minimum atomic E-state index is -6.22. The first kappa shape index (κ1) is 28.0. The van der Waals surface area contributed by atoms with Crippen LogP contribution in [0.15, 0.2) is 48.5 Å². The first-order chi connectivity index (χ1) is 17.0. The van der Waals surface area contributed by atoms with Gasteiger partial charge in [0.25, 0.3) is 0 Å². The molecule has 37 heavy (non-hydrogen) atoms. The van der Waals surface area contributed by atoms with Crippen molar-refractivity contribution in [1.82, 2.24) is 9.78 Å². The highest BCUT2D eigenvalue weighted by atomic mass is 32.2. The molecule has 0 radical (unpaired) electrons. The van der Waals surface area contributed by atoms with Gasteiger partial charge in [0.05, 0.1) is 29.5 Å². The third kappa shape index (κ3) is 6.03. The molecular weight excluding hydrogens is 537 g/mol. The number of ether oxygens (including phenoxy) is 1. The number of aromatic nitrogens is 2. The van der Waals surface area contributed by atoms with E-state index in [1.165, 1.54) is 31.2 Å². The maximum atomic E-state index is 14.4. The van der Waals surface area contributed by atoms with E-state index in [4.69, 9.17) is 4.74 Å². The lowest BCUT2D eigenvalue weighted by Crippen LogP contribution is -2.29. The van der Waals surface area contributed by atoms with Crippen molar-refractivity contribution in [3.05, 3.63) is 71.0 Å². The van der Waals surface area contributed by atoms with Gasteiger partial charge in [-0.25, -0.2) is 13.9 Å². The normalized spacial score (nSPS) is 13.3. The van der Waals surface area contributed by atoms with E-state index < -0.39 is 62.3 Å². The minimum absolute atomic E-state index is 0.105. The van der Waals surface area contributed by atoms with Crippen LogP contribution in [-0.4, -0.2) is 36.3 Å². The predicted molar refractivity (Wildman–Crippen MR) is 114 cm³/mol. The maximum Gasteiger partial charge on any atom is 0.534 e. The standard InChI is InChI=1S/C22H17F7N2O5S/c1-3-35-20(32)14-6-4-13(5-7-14)12(2)31-19(36-37(33,34)22(27,28)29)11-18(30-31)16-10-15(21(24,25)26)8-9-17(16)23/h4-12H,3H2,1-2H3/t12-/m0/s1. The molecule has 0 saturated carbocycles. The van der Waals surface area contributed by atoms with Crippen molar-refractivity contribution in [2.45, 2.75) is 31.6 Å². The zero-order valence-electron chi connectivity index (χ0n) is 18.9. The molecule has 0 aliphatic rings. The Balaban J connectivity index is 2.12. The number of hydrogen-bond donors (Lipinski definition) is 0. The van der Waals surface area contributed by atoms with Gasteiger partial charge in [-0.15, -0.1) is 0 Å². The van der Waals surface area contributed by atoms with Crippen molar-refractivity contribution < 1.29 is 52.9 Å². The van der Waals surface area contributed by atoms with Crippen molar-refractivity contribution in [2.75, 3.05) is 6.61 Å².